The maximum atomic E-state index is 14.2. The number of esters is 1. The summed E-state index contributed by atoms with van der Waals surface area (Å²) in [7, 11) is 0. The van der Waals surface area contributed by atoms with Crippen molar-refractivity contribution >= 4 is 11.8 Å². The van der Waals surface area contributed by atoms with Gasteiger partial charge < -0.3 is 14.2 Å². The number of rotatable bonds is 2. The van der Waals surface area contributed by atoms with E-state index in [1.165, 1.54) is 6.92 Å². The second kappa shape index (κ2) is 6.41. The fraction of sp³-hybridized carbons (Fsp3) is 0.818. The number of hydrogen-bond acceptors (Lipinski definition) is 5. The van der Waals surface area contributed by atoms with Gasteiger partial charge in [0.2, 0.25) is 0 Å². The van der Waals surface area contributed by atoms with Gasteiger partial charge in [-0.2, -0.15) is 0 Å². The Bertz CT molecular complexity index is 674. The number of ether oxygens (including phenoxy) is 3. The van der Waals surface area contributed by atoms with Gasteiger partial charge in [-0.25, -0.2) is 0 Å². The lowest BCUT2D eigenvalue weighted by molar-refractivity contribution is -0.205. The van der Waals surface area contributed by atoms with E-state index in [9.17, 15) is 9.59 Å². The SMILES string of the molecule is CC(=O)O[C@@]12CCCCC1=CC[C@]1(C)[C@@H](C(C)C)CC3(OCCO3)[C@@H]1C2=O. The average molecular weight is 376 g/mol. The zero-order chi connectivity index (χ0) is 19.4. The predicted octanol–water partition coefficient (Wildman–Crippen LogP) is 3.80. The minimum Gasteiger partial charge on any atom is -0.447 e. The quantitative estimate of drug-likeness (QED) is 0.542. The molecule has 150 valence electrons. The zero-order valence-electron chi connectivity index (χ0n) is 17.0. The van der Waals surface area contributed by atoms with E-state index in [2.05, 4.69) is 26.8 Å². The van der Waals surface area contributed by atoms with E-state index in [0.717, 1.165) is 37.7 Å². The molecule has 1 heterocycles. The molecule has 0 aromatic carbocycles. The standard InChI is InChI=1S/C22H32O5/c1-14(2)17-13-22(25-11-12-26-22)18-19(24)21(27-15(3)23)9-6-5-7-16(21)8-10-20(17,18)4/h8,14,17-18H,5-7,9-13H2,1-4H3/t17-,18-,20-,21+/m1/s1. The number of carbonyl (C=O) groups excluding carboxylic acids is 2. The summed E-state index contributed by atoms with van der Waals surface area (Å²) in [5.74, 6) is -0.925. The molecule has 3 fully saturated rings. The number of ketones is 1. The summed E-state index contributed by atoms with van der Waals surface area (Å²) in [6.07, 6.45) is 7.08. The summed E-state index contributed by atoms with van der Waals surface area (Å²) in [6, 6.07) is 0. The Morgan fingerprint density at radius 1 is 1.26 bits per heavy atom. The lowest BCUT2D eigenvalue weighted by atomic mass is 9.65. The van der Waals surface area contributed by atoms with Crippen LogP contribution in [0.5, 0.6) is 0 Å². The van der Waals surface area contributed by atoms with Crippen molar-refractivity contribution < 1.29 is 23.8 Å². The van der Waals surface area contributed by atoms with Crippen LogP contribution in [0.3, 0.4) is 0 Å². The van der Waals surface area contributed by atoms with Crippen molar-refractivity contribution in [2.45, 2.75) is 77.6 Å². The van der Waals surface area contributed by atoms with Crippen LogP contribution in [-0.2, 0) is 23.8 Å². The average Bonchev–Trinajstić information content (AvgIpc) is 3.14. The maximum absolute atomic E-state index is 14.2. The van der Waals surface area contributed by atoms with Gasteiger partial charge in [0.25, 0.3) is 0 Å². The molecule has 0 unspecified atom stereocenters. The molecular formula is C22H32O5. The van der Waals surface area contributed by atoms with Crippen molar-refractivity contribution in [3.63, 3.8) is 0 Å². The van der Waals surface area contributed by atoms with Gasteiger partial charge in [-0.1, -0.05) is 26.8 Å². The van der Waals surface area contributed by atoms with Gasteiger partial charge in [0.15, 0.2) is 17.2 Å². The maximum Gasteiger partial charge on any atom is 0.303 e. The Morgan fingerprint density at radius 3 is 2.59 bits per heavy atom. The second-order valence-corrected chi connectivity index (χ2v) is 9.43. The molecule has 5 heteroatoms. The topological polar surface area (TPSA) is 61.8 Å². The van der Waals surface area contributed by atoms with Gasteiger partial charge in [-0.3, -0.25) is 9.59 Å². The van der Waals surface area contributed by atoms with Crippen LogP contribution in [0.2, 0.25) is 0 Å². The summed E-state index contributed by atoms with van der Waals surface area (Å²) >= 11 is 0. The van der Waals surface area contributed by atoms with Crippen molar-refractivity contribution in [2.24, 2.45) is 23.2 Å². The third-order valence-electron chi connectivity index (χ3n) is 7.54. The molecule has 1 spiro atoms. The van der Waals surface area contributed by atoms with Gasteiger partial charge in [0, 0.05) is 13.3 Å². The number of carbonyl (C=O) groups is 2. The highest BCUT2D eigenvalue weighted by molar-refractivity contribution is 5.96. The van der Waals surface area contributed by atoms with Crippen molar-refractivity contribution in [1.29, 1.82) is 0 Å². The molecule has 0 aromatic heterocycles. The number of Topliss-reactive ketones (excluding diaryl/α,β-unsaturated/α-hetero) is 1. The Labute approximate surface area is 161 Å². The minimum absolute atomic E-state index is 0.00806. The smallest absolute Gasteiger partial charge is 0.303 e. The molecule has 0 aromatic rings. The third kappa shape index (κ3) is 2.65. The molecule has 4 rings (SSSR count). The molecule has 4 aliphatic rings. The summed E-state index contributed by atoms with van der Waals surface area (Å²) in [5, 5.41) is 0. The molecule has 27 heavy (non-hydrogen) atoms. The van der Waals surface area contributed by atoms with Crippen LogP contribution in [0.25, 0.3) is 0 Å². The van der Waals surface area contributed by atoms with Crippen LogP contribution in [0.4, 0.5) is 0 Å². The fourth-order valence-electron chi connectivity index (χ4n) is 6.48. The first kappa shape index (κ1) is 19.1. The minimum atomic E-state index is -1.12. The molecule has 3 aliphatic carbocycles. The van der Waals surface area contributed by atoms with Crippen LogP contribution < -0.4 is 0 Å². The fourth-order valence-corrected chi connectivity index (χ4v) is 6.48. The first-order valence-corrected chi connectivity index (χ1v) is 10.5. The number of fused-ring (bicyclic) bond motifs is 3. The van der Waals surface area contributed by atoms with Crippen LogP contribution in [0, 0.1) is 23.2 Å². The molecular weight excluding hydrogens is 344 g/mol. The van der Waals surface area contributed by atoms with E-state index in [-0.39, 0.29) is 17.2 Å². The van der Waals surface area contributed by atoms with E-state index < -0.39 is 17.3 Å². The Morgan fingerprint density at radius 2 is 1.96 bits per heavy atom. The first-order chi connectivity index (χ1) is 12.8. The molecule has 0 radical (unpaired) electrons. The predicted molar refractivity (Wildman–Crippen MR) is 99.8 cm³/mol. The van der Waals surface area contributed by atoms with Gasteiger partial charge in [0.1, 0.15) is 0 Å². The molecule has 4 atom stereocenters. The van der Waals surface area contributed by atoms with Crippen molar-refractivity contribution in [1.82, 2.24) is 0 Å². The van der Waals surface area contributed by atoms with Crippen molar-refractivity contribution in [3.8, 4) is 0 Å². The van der Waals surface area contributed by atoms with Crippen LogP contribution >= 0.6 is 0 Å². The van der Waals surface area contributed by atoms with E-state index in [1.807, 2.05) is 0 Å². The van der Waals surface area contributed by atoms with E-state index >= 15 is 0 Å². The van der Waals surface area contributed by atoms with E-state index in [4.69, 9.17) is 14.2 Å². The monoisotopic (exact) mass is 376 g/mol. The summed E-state index contributed by atoms with van der Waals surface area (Å²) in [5.41, 5.74) is -0.381. The number of hydrogen-bond donors (Lipinski definition) is 0. The molecule has 2 saturated carbocycles. The molecule has 5 nitrogen and oxygen atoms in total. The molecule has 1 saturated heterocycles. The largest absolute Gasteiger partial charge is 0.447 e. The summed E-state index contributed by atoms with van der Waals surface area (Å²) in [6.45, 7) is 9.10. The lowest BCUT2D eigenvalue weighted by Crippen LogP contribution is -2.56. The molecule has 0 N–H and O–H groups in total. The normalized spacial score (nSPS) is 40.5. The lowest BCUT2D eigenvalue weighted by Gasteiger charge is -2.43. The third-order valence-corrected chi connectivity index (χ3v) is 7.54. The van der Waals surface area contributed by atoms with Gasteiger partial charge in [-0.15, -0.1) is 0 Å². The van der Waals surface area contributed by atoms with Crippen molar-refractivity contribution in [2.75, 3.05) is 13.2 Å². The molecule has 0 bridgehead atoms. The van der Waals surface area contributed by atoms with Gasteiger partial charge >= 0.3 is 5.97 Å². The Balaban J connectivity index is 1.87. The second-order valence-electron chi connectivity index (χ2n) is 9.43. The van der Waals surface area contributed by atoms with E-state index in [1.54, 1.807) is 0 Å². The van der Waals surface area contributed by atoms with Crippen LogP contribution in [-0.4, -0.2) is 36.4 Å². The highest BCUT2D eigenvalue weighted by Gasteiger charge is 2.70. The van der Waals surface area contributed by atoms with Gasteiger partial charge in [0.05, 0.1) is 19.1 Å². The highest BCUT2D eigenvalue weighted by atomic mass is 16.7. The van der Waals surface area contributed by atoms with Crippen LogP contribution in [0.15, 0.2) is 11.6 Å². The zero-order valence-corrected chi connectivity index (χ0v) is 17.0. The Kier molecular flexibility index (Phi) is 4.54. The summed E-state index contributed by atoms with van der Waals surface area (Å²) < 4.78 is 18.2. The van der Waals surface area contributed by atoms with E-state index in [0.29, 0.717) is 31.5 Å². The highest BCUT2D eigenvalue weighted by Crippen LogP contribution is 2.63. The number of allylic oxidation sites excluding steroid dienone is 1. The van der Waals surface area contributed by atoms with Gasteiger partial charge in [-0.05, 0) is 54.9 Å². The van der Waals surface area contributed by atoms with Crippen LogP contribution in [0.1, 0.15) is 66.2 Å². The molecule has 1 aliphatic heterocycles. The Hall–Kier alpha value is -1.20. The van der Waals surface area contributed by atoms with Crippen molar-refractivity contribution in [3.05, 3.63) is 11.6 Å². The summed E-state index contributed by atoms with van der Waals surface area (Å²) in [4.78, 5) is 26.2. The molecule has 0 amide bonds. The first-order valence-electron chi connectivity index (χ1n) is 10.5.